The average Bonchev–Trinajstić information content (AvgIpc) is 2.48. The highest BCUT2D eigenvalue weighted by molar-refractivity contribution is 5.35. The zero-order valence-corrected chi connectivity index (χ0v) is 13.0. The zero-order chi connectivity index (χ0) is 14.7. The van der Waals surface area contributed by atoms with E-state index >= 15 is 0 Å². The molecule has 0 amide bonds. The Bertz CT molecular complexity index is 585. The van der Waals surface area contributed by atoms with Gasteiger partial charge in [0.25, 0.3) is 0 Å². The van der Waals surface area contributed by atoms with Crippen LogP contribution in [0.3, 0.4) is 0 Å². The van der Waals surface area contributed by atoms with Crippen LogP contribution in [0.5, 0.6) is 0 Å². The van der Waals surface area contributed by atoms with E-state index < -0.39 is 0 Å². The fraction of sp³-hybridized carbons (Fsp3) is 0.421. The molecular formula is C19H24N2. The minimum atomic E-state index is 0.177. The van der Waals surface area contributed by atoms with Gasteiger partial charge in [0.2, 0.25) is 0 Å². The van der Waals surface area contributed by atoms with Crippen molar-refractivity contribution in [3.8, 4) is 0 Å². The van der Waals surface area contributed by atoms with Gasteiger partial charge in [0.15, 0.2) is 0 Å². The molecule has 1 aliphatic carbocycles. The van der Waals surface area contributed by atoms with Crippen molar-refractivity contribution in [3.05, 3.63) is 65.0 Å². The van der Waals surface area contributed by atoms with Gasteiger partial charge in [-0.1, -0.05) is 43.7 Å². The third-order valence-corrected chi connectivity index (χ3v) is 4.72. The molecular weight excluding hydrogens is 256 g/mol. The van der Waals surface area contributed by atoms with Gasteiger partial charge in [0, 0.05) is 6.20 Å². The van der Waals surface area contributed by atoms with Gasteiger partial charge in [0.1, 0.15) is 0 Å². The van der Waals surface area contributed by atoms with Crippen LogP contribution in [0, 0.1) is 0 Å². The Morgan fingerprint density at radius 2 is 1.95 bits per heavy atom. The Morgan fingerprint density at radius 1 is 1.19 bits per heavy atom. The van der Waals surface area contributed by atoms with Gasteiger partial charge in [-0.25, -0.2) is 0 Å². The van der Waals surface area contributed by atoms with E-state index in [0.717, 1.165) is 18.0 Å². The minimum Gasteiger partial charge on any atom is -0.308 e. The van der Waals surface area contributed by atoms with Gasteiger partial charge in [-0.15, -0.1) is 0 Å². The van der Waals surface area contributed by atoms with E-state index in [4.69, 9.17) is 0 Å². The molecule has 1 heterocycles. The summed E-state index contributed by atoms with van der Waals surface area (Å²) in [4.78, 5) is 4.62. The lowest BCUT2D eigenvalue weighted by Gasteiger charge is -2.26. The predicted molar refractivity (Wildman–Crippen MR) is 87.6 cm³/mol. The molecule has 2 nitrogen and oxygen atoms in total. The molecule has 1 fully saturated rings. The van der Waals surface area contributed by atoms with Gasteiger partial charge in [-0.3, -0.25) is 4.98 Å². The molecule has 0 radical (unpaired) electrons. The second-order valence-corrected chi connectivity index (χ2v) is 5.92. The van der Waals surface area contributed by atoms with Crippen LogP contribution >= 0.6 is 0 Å². The van der Waals surface area contributed by atoms with Crippen molar-refractivity contribution in [2.45, 2.75) is 44.6 Å². The molecule has 3 rings (SSSR count). The third-order valence-electron chi connectivity index (χ3n) is 4.72. The molecule has 1 atom stereocenters. The topological polar surface area (TPSA) is 24.9 Å². The van der Waals surface area contributed by atoms with Crippen molar-refractivity contribution >= 4 is 0 Å². The first-order valence-electron chi connectivity index (χ1n) is 8.04. The first-order chi connectivity index (χ1) is 10.3. The Kier molecular flexibility index (Phi) is 4.35. The summed E-state index contributed by atoms with van der Waals surface area (Å²) >= 11 is 0. The summed E-state index contributed by atoms with van der Waals surface area (Å²) in [7, 11) is 2.01. The first kappa shape index (κ1) is 14.3. The summed E-state index contributed by atoms with van der Waals surface area (Å²) in [6.45, 7) is 2.19. The van der Waals surface area contributed by atoms with Gasteiger partial charge < -0.3 is 5.32 Å². The Labute approximate surface area is 127 Å². The largest absolute Gasteiger partial charge is 0.308 e. The maximum atomic E-state index is 4.62. The van der Waals surface area contributed by atoms with Crippen LogP contribution in [0.2, 0.25) is 0 Å². The fourth-order valence-corrected chi connectivity index (χ4v) is 3.17. The van der Waals surface area contributed by atoms with Crippen LogP contribution in [0.15, 0.2) is 42.6 Å². The lowest BCUT2D eigenvalue weighted by Crippen LogP contribution is -2.20. The minimum absolute atomic E-state index is 0.177. The second-order valence-electron chi connectivity index (χ2n) is 5.92. The third kappa shape index (κ3) is 2.86. The van der Waals surface area contributed by atoms with Gasteiger partial charge in [-0.2, -0.15) is 0 Å². The second kappa shape index (κ2) is 6.40. The monoisotopic (exact) mass is 280 g/mol. The molecule has 2 aromatic rings. The number of pyridine rings is 1. The summed E-state index contributed by atoms with van der Waals surface area (Å²) in [6.07, 6.45) is 7.01. The number of hydrogen-bond donors (Lipinski definition) is 1. The van der Waals surface area contributed by atoms with E-state index in [1.165, 1.54) is 36.0 Å². The zero-order valence-electron chi connectivity index (χ0n) is 13.0. The maximum Gasteiger partial charge on any atom is 0.0751 e. The van der Waals surface area contributed by atoms with Crippen molar-refractivity contribution < 1.29 is 0 Å². The van der Waals surface area contributed by atoms with Crippen molar-refractivity contribution in [2.75, 3.05) is 7.05 Å². The van der Waals surface area contributed by atoms with E-state index in [-0.39, 0.29) is 6.04 Å². The smallest absolute Gasteiger partial charge is 0.0751 e. The molecule has 0 aliphatic heterocycles. The Balaban J connectivity index is 1.88. The van der Waals surface area contributed by atoms with Crippen LogP contribution < -0.4 is 5.32 Å². The number of aromatic nitrogens is 1. The maximum absolute atomic E-state index is 4.62. The number of aryl methyl sites for hydroxylation is 1. The molecule has 21 heavy (non-hydrogen) atoms. The Hall–Kier alpha value is -1.67. The van der Waals surface area contributed by atoms with Crippen LogP contribution in [0.4, 0.5) is 0 Å². The summed E-state index contributed by atoms with van der Waals surface area (Å²) in [5, 5.41) is 3.42. The normalized spacial score (nSPS) is 16.5. The quantitative estimate of drug-likeness (QED) is 0.887. The molecule has 2 heteroatoms. The number of rotatable bonds is 5. The van der Waals surface area contributed by atoms with Gasteiger partial charge in [-0.05, 0) is 55.0 Å². The first-order valence-corrected chi connectivity index (χ1v) is 8.04. The van der Waals surface area contributed by atoms with E-state index in [1.54, 1.807) is 0 Å². The lowest BCUT2D eigenvalue weighted by atomic mass is 9.79. The molecule has 0 spiro atoms. The highest BCUT2D eigenvalue weighted by Gasteiger charge is 2.20. The van der Waals surface area contributed by atoms with Gasteiger partial charge >= 0.3 is 0 Å². The predicted octanol–water partition coefficient (Wildman–Crippen LogP) is 4.22. The number of nitrogens with zero attached hydrogens (tertiary/aromatic N) is 1. The molecule has 0 saturated heterocycles. The summed E-state index contributed by atoms with van der Waals surface area (Å²) < 4.78 is 0. The van der Waals surface area contributed by atoms with Crippen LogP contribution in [0.25, 0.3) is 0 Å². The number of hydrogen-bond acceptors (Lipinski definition) is 2. The van der Waals surface area contributed by atoms with Crippen LogP contribution in [-0.2, 0) is 6.42 Å². The molecule has 1 unspecified atom stereocenters. The fourth-order valence-electron chi connectivity index (χ4n) is 3.17. The van der Waals surface area contributed by atoms with E-state index in [0.29, 0.717) is 0 Å². The highest BCUT2D eigenvalue weighted by atomic mass is 14.9. The molecule has 1 aromatic heterocycles. The molecule has 0 bridgehead atoms. The molecule has 1 aromatic carbocycles. The molecule has 110 valence electrons. The van der Waals surface area contributed by atoms with Crippen LogP contribution in [0.1, 0.15) is 60.5 Å². The van der Waals surface area contributed by atoms with E-state index in [1.807, 2.05) is 19.3 Å². The van der Waals surface area contributed by atoms with Crippen molar-refractivity contribution in [3.63, 3.8) is 0 Å². The highest BCUT2D eigenvalue weighted by Crippen LogP contribution is 2.36. The van der Waals surface area contributed by atoms with E-state index in [9.17, 15) is 0 Å². The van der Waals surface area contributed by atoms with Crippen molar-refractivity contribution in [1.82, 2.24) is 10.3 Å². The summed E-state index contributed by atoms with van der Waals surface area (Å²) in [6, 6.07) is 13.5. The van der Waals surface area contributed by atoms with E-state index in [2.05, 4.69) is 47.6 Å². The Morgan fingerprint density at radius 3 is 2.52 bits per heavy atom. The average molecular weight is 280 g/mol. The summed E-state index contributed by atoms with van der Waals surface area (Å²) in [5.74, 6) is 0.799. The van der Waals surface area contributed by atoms with Gasteiger partial charge in [0.05, 0.1) is 11.7 Å². The lowest BCUT2D eigenvalue weighted by molar-refractivity contribution is 0.419. The van der Waals surface area contributed by atoms with Crippen LogP contribution in [-0.4, -0.2) is 12.0 Å². The van der Waals surface area contributed by atoms with Crippen molar-refractivity contribution in [1.29, 1.82) is 0 Å². The number of benzene rings is 1. The molecule has 1 N–H and O–H groups in total. The standard InChI is InChI=1S/C19H24N2/c1-3-14-8-5-13-21-19(14)18(20-2)17-11-9-16(10-12-17)15-6-4-7-15/h5,8-13,15,18,20H,3-4,6-7H2,1-2H3. The number of nitrogens with one attached hydrogen (secondary N) is 1. The molecule has 1 aliphatic rings. The van der Waals surface area contributed by atoms with Crippen molar-refractivity contribution in [2.24, 2.45) is 0 Å². The SMILES string of the molecule is CCc1cccnc1C(NC)c1ccc(C2CCC2)cc1. The molecule has 1 saturated carbocycles. The summed E-state index contributed by atoms with van der Waals surface area (Å²) in [5.41, 5.74) is 5.27.